The average molecular weight is 418 g/mol. The van der Waals surface area contributed by atoms with Crippen LogP contribution in [0.2, 0.25) is 0 Å². The fraction of sp³-hybridized carbons (Fsp3) is 0.421. The molecule has 154 valence electrons. The number of carbonyl (C=O) groups is 2. The summed E-state index contributed by atoms with van der Waals surface area (Å²) in [5, 5.41) is 9.46. The van der Waals surface area contributed by atoms with Gasteiger partial charge in [-0.25, -0.2) is 9.20 Å². The van der Waals surface area contributed by atoms with E-state index in [-0.39, 0.29) is 37.0 Å². The zero-order chi connectivity index (χ0) is 20.8. The van der Waals surface area contributed by atoms with Gasteiger partial charge in [-0.1, -0.05) is 23.9 Å². The van der Waals surface area contributed by atoms with Gasteiger partial charge in [0, 0.05) is 17.7 Å². The maximum absolute atomic E-state index is 13.2. The van der Waals surface area contributed by atoms with Crippen molar-refractivity contribution in [1.82, 2.24) is 19.2 Å². The van der Waals surface area contributed by atoms with Crippen LogP contribution in [0.25, 0.3) is 16.6 Å². The Morgan fingerprint density at radius 1 is 1.03 bits per heavy atom. The van der Waals surface area contributed by atoms with Gasteiger partial charge in [0.15, 0.2) is 10.8 Å². The third-order valence-electron chi connectivity index (χ3n) is 4.18. The molecule has 3 aromatic rings. The van der Waals surface area contributed by atoms with Crippen molar-refractivity contribution < 1.29 is 19.1 Å². The van der Waals surface area contributed by atoms with Gasteiger partial charge in [-0.3, -0.25) is 14.2 Å². The fourth-order valence-corrected chi connectivity index (χ4v) is 3.79. The third kappa shape index (κ3) is 4.58. The highest BCUT2D eigenvalue weighted by molar-refractivity contribution is 7.99. The number of esters is 2. The van der Waals surface area contributed by atoms with E-state index in [1.807, 2.05) is 24.3 Å². The number of benzene rings is 1. The van der Waals surface area contributed by atoms with Gasteiger partial charge < -0.3 is 9.47 Å². The predicted octanol–water partition coefficient (Wildman–Crippen LogP) is 2.04. The smallest absolute Gasteiger partial charge is 0.336 e. The summed E-state index contributed by atoms with van der Waals surface area (Å²) in [6, 6.07) is 7.34. The molecule has 0 fully saturated rings. The van der Waals surface area contributed by atoms with E-state index in [0.717, 1.165) is 5.39 Å². The SMILES string of the molecule is CCOC(=O)CCSc1nnc2c3ccccc3n(CCC(=O)OCC)c(=O)n12. The van der Waals surface area contributed by atoms with Crippen molar-refractivity contribution in [2.45, 2.75) is 38.4 Å². The highest BCUT2D eigenvalue weighted by atomic mass is 32.2. The van der Waals surface area contributed by atoms with E-state index in [9.17, 15) is 14.4 Å². The molecule has 0 bridgehead atoms. The molecular formula is C19H22N4O5S. The summed E-state index contributed by atoms with van der Waals surface area (Å²) in [6.45, 7) is 4.29. The molecule has 0 unspecified atom stereocenters. The van der Waals surface area contributed by atoms with Crippen molar-refractivity contribution >= 4 is 40.3 Å². The second-order valence-electron chi connectivity index (χ2n) is 6.05. The molecule has 0 saturated carbocycles. The van der Waals surface area contributed by atoms with Crippen LogP contribution in [0.5, 0.6) is 0 Å². The molecule has 0 aliphatic carbocycles. The lowest BCUT2D eigenvalue weighted by atomic mass is 10.2. The van der Waals surface area contributed by atoms with Crippen LogP contribution in [-0.2, 0) is 25.6 Å². The van der Waals surface area contributed by atoms with Gasteiger partial charge in [0.1, 0.15) is 0 Å². The Kier molecular flexibility index (Phi) is 6.86. The number of aryl methyl sites for hydroxylation is 1. The van der Waals surface area contributed by atoms with Gasteiger partial charge in [-0.2, -0.15) is 0 Å². The number of hydrogen-bond acceptors (Lipinski definition) is 8. The molecular weight excluding hydrogens is 396 g/mol. The number of para-hydroxylation sites is 1. The minimum Gasteiger partial charge on any atom is -0.466 e. The number of nitrogens with zero attached hydrogens (tertiary/aromatic N) is 4. The first kappa shape index (κ1) is 20.8. The van der Waals surface area contributed by atoms with E-state index in [0.29, 0.717) is 35.3 Å². The van der Waals surface area contributed by atoms with E-state index >= 15 is 0 Å². The quantitative estimate of drug-likeness (QED) is 0.384. The van der Waals surface area contributed by atoms with Gasteiger partial charge in [0.25, 0.3) is 0 Å². The van der Waals surface area contributed by atoms with Gasteiger partial charge >= 0.3 is 17.6 Å². The Balaban J connectivity index is 1.96. The summed E-state index contributed by atoms with van der Waals surface area (Å²) in [7, 11) is 0. The number of thioether (sulfide) groups is 1. The summed E-state index contributed by atoms with van der Waals surface area (Å²) in [6.07, 6.45) is 0.286. The van der Waals surface area contributed by atoms with E-state index in [2.05, 4.69) is 10.2 Å². The van der Waals surface area contributed by atoms with Crippen LogP contribution < -0.4 is 5.69 Å². The normalized spacial score (nSPS) is 11.1. The molecule has 0 N–H and O–H groups in total. The zero-order valence-corrected chi connectivity index (χ0v) is 17.1. The Hall–Kier alpha value is -2.88. The van der Waals surface area contributed by atoms with Crippen LogP contribution in [0.15, 0.2) is 34.2 Å². The summed E-state index contributed by atoms with van der Waals surface area (Å²) < 4.78 is 12.8. The largest absolute Gasteiger partial charge is 0.466 e. The summed E-state index contributed by atoms with van der Waals surface area (Å²) in [5.74, 6) is -0.253. The number of fused-ring (bicyclic) bond motifs is 3. The van der Waals surface area contributed by atoms with Crippen LogP contribution in [0, 0.1) is 0 Å². The Morgan fingerprint density at radius 2 is 1.72 bits per heavy atom. The molecule has 0 saturated heterocycles. The highest BCUT2D eigenvalue weighted by Crippen LogP contribution is 2.22. The molecule has 2 aromatic heterocycles. The Morgan fingerprint density at radius 3 is 2.45 bits per heavy atom. The third-order valence-corrected chi connectivity index (χ3v) is 5.11. The predicted molar refractivity (Wildman–Crippen MR) is 108 cm³/mol. The molecule has 0 aliphatic rings. The number of aromatic nitrogens is 4. The lowest BCUT2D eigenvalue weighted by Gasteiger charge is -2.11. The Labute approximate surface area is 171 Å². The average Bonchev–Trinajstić information content (AvgIpc) is 3.13. The van der Waals surface area contributed by atoms with E-state index in [1.54, 1.807) is 13.8 Å². The van der Waals surface area contributed by atoms with Crippen LogP contribution in [0.1, 0.15) is 26.7 Å². The first-order chi connectivity index (χ1) is 14.1. The van der Waals surface area contributed by atoms with Gasteiger partial charge in [0.2, 0.25) is 0 Å². The van der Waals surface area contributed by atoms with Crippen LogP contribution in [0.3, 0.4) is 0 Å². The molecule has 3 rings (SSSR count). The molecule has 0 aliphatic heterocycles. The molecule has 9 nitrogen and oxygen atoms in total. The molecule has 0 spiro atoms. The minimum atomic E-state index is -0.364. The second kappa shape index (κ2) is 9.55. The van der Waals surface area contributed by atoms with Crippen molar-refractivity contribution in [2.75, 3.05) is 19.0 Å². The molecule has 2 heterocycles. The van der Waals surface area contributed by atoms with E-state index in [1.165, 1.54) is 20.7 Å². The maximum atomic E-state index is 13.2. The summed E-state index contributed by atoms with van der Waals surface area (Å²) in [4.78, 5) is 36.5. The lowest BCUT2D eigenvalue weighted by Crippen LogP contribution is -2.28. The molecule has 0 atom stereocenters. The highest BCUT2D eigenvalue weighted by Gasteiger charge is 2.17. The molecule has 10 heteroatoms. The van der Waals surface area contributed by atoms with Crippen molar-refractivity contribution in [2.24, 2.45) is 0 Å². The van der Waals surface area contributed by atoms with Gasteiger partial charge in [0.05, 0.1) is 31.6 Å². The standard InChI is InChI=1S/C19H22N4O5S/c1-3-27-15(24)9-11-22-14-8-6-5-7-13(14)17-20-21-18(23(17)19(22)26)29-12-10-16(25)28-4-2/h5-8H,3-4,9-12H2,1-2H3. The van der Waals surface area contributed by atoms with Crippen LogP contribution in [-0.4, -0.2) is 50.1 Å². The number of carbonyl (C=O) groups excluding carboxylic acids is 2. The van der Waals surface area contributed by atoms with Crippen molar-refractivity contribution in [3.8, 4) is 0 Å². The molecule has 0 amide bonds. The van der Waals surface area contributed by atoms with Crippen LogP contribution >= 0.6 is 11.8 Å². The van der Waals surface area contributed by atoms with Gasteiger partial charge in [-0.15, -0.1) is 10.2 Å². The molecule has 1 aromatic carbocycles. The summed E-state index contributed by atoms with van der Waals surface area (Å²) >= 11 is 1.26. The number of hydrogen-bond donors (Lipinski definition) is 0. The van der Waals surface area contributed by atoms with E-state index in [4.69, 9.17) is 9.47 Å². The molecule has 0 radical (unpaired) electrons. The number of rotatable bonds is 9. The van der Waals surface area contributed by atoms with Gasteiger partial charge in [-0.05, 0) is 26.0 Å². The monoisotopic (exact) mass is 418 g/mol. The Bertz CT molecular complexity index is 1090. The van der Waals surface area contributed by atoms with Crippen molar-refractivity contribution in [1.29, 1.82) is 0 Å². The minimum absolute atomic E-state index is 0.0801. The second-order valence-corrected chi connectivity index (χ2v) is 7.11. The maximum Gasteiger partial charge on any atom is 0.336 e. The van der Waals surface area contributed by atoms with Crippen LogP contribution in [0.4, 0.5) is 0 Å². The first-order valence-corrected chi connectivity index (χ1v) is 10.4. The fourth-order valence-electron chi connectivity index (χ4n) is 2.94. The first-order valence-electron chi connectivity index (χ1n) is 9.37. The van der Waals surface area contributed by atoms with Crippen molar-refractivity contribution in [3.63, 3.8) is 0 Å². The number of ether oxygens (including phenoxy) is 2. The lowest BCUT2D eigenvalue weighted by molar-refractivity contribution is -0.144. The zero-order valence-electron chi connectivity index (χ0n) is 16.3. The summed E-state index contributed by atoms with van der Waals surface area (Å²) in [5.41, 5.74) is 0.771. The van der Waals surface area contributed by atoms with Crippen molar-refractivity contribution in [3.05, 3.63) is 34.7 Å². The topological polar surface area (TPSA) is 105 Å². The molecule has 29 heavy (non-hydrogen) atoms. The van der Waals surface area contributed by atoms with E-state index < -0.39 is 0 Å².